The molecule has 0 atom stereocenters. The average Bonchev–Trinajstić information content (AvgIpc) is 2.79. The summed E-state index contributed by atoms with van der Waals surface area (Å²) in [6.45, 7) is 0. The smallest absolute Gasteiger partial charge is 0.293 e. The van der Waals surface area contributed by atoms with Crippen molar-refractivity contribution in [2.75, 3.05) is 5.32 Å². The molecule has 0 saturated carbocycles. The molecule has 8 nitrogen and oxygen atoms in total. The van der Waals surface area contributed by atoms with Crippen LogP contribution in [0.4, 0.5) is 20.2 Å². The van der Waals surface area contributed by atoms with Crippen LogP contribution in [0.25, 0.3) is 11.1 Å². The maximum absolute atomic E-state index is 14.5. The van der Waals surface area contributed by atoms with Crippen LogP contribution in [0.3, 0.4) is 0 Å². The molecule has 0 aromatic heterocycles. The van der Waals surface area contributed by atoms with E-state index in [1.165, 1.54) is 30.3 Å². The Morgan fingerprint density at radius 3 is 2.24 bits per heavy atom. The summed E-state index contributed by atoms with van der Waals surface area (Å²) < 4.78 is 28.5. The zero-order valence-corrected chi connectivity index (χ0v) is 16.6. The first-order valence-corrected chi connectivity index (χ1v) is 9.42. The standard InChI is InChI=1S/C23H13F2N3O5/c24-16-9-15(23(26)31)21(28(32)33)19(20(16)25)11-5-7-12(8-6-11)27-17-10-18(29)13-3-1-2-4-14(13)22(17)30/h1-10,27H,(H2,26,31). The van der Waals surface area contributed by atoms with Crippen molar-refractivity contribution in [3.05, 3.63) is 105 Å². The van der Waals surface area contributed by atoms with E-state index in [-0.39, 0.29) is 28.2 Å². The Kier molecular flexibility index (Phi) is 5.26. The summed E-state index contributed by atoms with van der Waals surface area (Å²) in [5.74, 6) is -5.04. The fraction of sp³-hybridized carbons (Fsp3) is 0. The van der Waals surface area contributed by atoms with E-state index >= 15 is 0 Å². The van der Waals surface area contributed by atoms with Gasteiger partial charge in [0.15, 0.2) is 17.4 Å². The third-order valence-corrected chi connectivity index (χ3v) is 5.05. The van der Waals surface area contributed by atoms with Gasteiger partial charge in [0.05, 0.1) is 16.2 Å². The zero-order valence-electron chi connectivity index (χ0n) is 16.6. The fourth-order valence-electron chi connectivity index (χ4n) is 3.54. The molecule has 0 spiro atoms. The Balaban J connectivity index is 1.71. The predicted octanol–water partition coefficient (Wildman–Crippen LogP) is 4.01. The Labute approximate surface area is 184 Å². The van der Waals surface area contributed by atoms with E-state index in [1.54, 1.807) is 18.2 Å². The van der Waals surface area contributed by atoms with Crippen LogP contribution in [0.15, 0.2) is 66.4 Å². The molecule has 164 valence electrons. The van der Waals surface area contributed by atoms with Gasteiger partial charge in [-0.3, -0.25) is 24.5 Å². The molecule has 0 aliphatic heterocycles. The van der Waals surface area contributed by atoms with Gasteiger partial charge in [-0.05, 0) is 23.8 Å². The molecular weight excluding hydrogens is 436 g/mol. The zero-order chi connectivity index (χ0) is 23.9. The summed E-state index contributed by atoms with van der Waals surface area (Å²) in [4.78, 5) is 47.0. The highest BCUT2D eigenvalue weighted by molar-refractivity contribution is 6.25. The van der Waals surface area contributed by atoms with E-state index in [0.29, 0.717) is 11.8 Å². The molecule has 0 saturated heterocycles. The summed E-state index contributed by atoms with van der Waals surface area (Å²) in [6.07, 6.45) is 1.15. The lowest BCUT2D eigenvalue weighted by Gasteiger charge is -2.16. The molecule has 3 aromatic carbocycles. The van der Waals surface area contributed by atoms with Crippen molar-refractivity contribution >= 4 is 28.8 Å². The number of nitrogens with two attached hydrogens (primary N) is 1. The minimum Gasteiger partial charge on any atom is -0.365 e. The van der Waals surface area contributed by atoms with E-state index in [2.05, 4.69) is 5.32 Å². The average molecular weight is 449 g/mol. The number of benzene rings is 3. The molecule has 0 unspecified atom stereocenters. The van der Waals surface area contributed by atoms with Crippen LogP contribution in [-0.4, -0.2) is 22.4 Å². The number of halogens is 2. The molecule has 0 radical (unpaired) electrons. The van der Waals surface area contributed by atoms with Crippen molar-refractivity contribution in [3.63, 3.8) is 0 Å². The third kappa shape index (κ3) is 3.74. The second-order valence-electron chi connectivity index (χ2n) is 7.06. The van der Waals surface area contributed by atoms with Crippen molar-refractivity contribution in [1.29, 1.82) is 0 Å². The number of hydrogen-bond donors (Lipinski definition) is 2. The highest BCUT2D eigenvalue weighted by Crippen LogP contribution is 2.37. The van der Waals surface area contributed by atoms with Gasteiger partial charge in [0.1, 0.15) is 5.56 Å². The van der Waals surface area contributed by atoms with Crippen LogP contribution < -0.4 is 11.1 Å². The van der Waals surface area contributed by atoms with Gasteiger partial charge in [0.25, 0.3) is 11.6 Å². The molecule has 1 aliphatic rings. The van der Waals surface area contributed by atoms with Crippen LogP contribution in [0.1, 0.15) is 31.1 Å². The Bertz CT molecular complexity index is 1400. The monoisotopic (exact) mass is 449 g/mol. The SMILES string of the molecule is NC(=O)c1cc(F)c(F)c(-c2ccc(NC3=CC(=O)c4ccccc4C3=O)cc2)c1[N+](=O)[O-]. The largest absolute Gasteiger partial charge is 0.365 e. The highest BCUT2D eigenvalue weighted by atomic mass is 19.2. The Morgan fingerprint density at radius 1 is 1.00 bits per heavy atom. The number of nitro benzene ring substituents is 1. The number of hydrogen-bond acceptors (Lipinski definition) is 6. The van der Waals surface area contributed by atoms with Gasteiger partial charge in [-0.2, -0.15) is 0 Å². The predicted molar refractivity (Wildman–Crippen MR) is 114 cm³/mol. The van der Waals surface area contributed by atoms with E-state index in [9.17, 15) is 33.3 Å². The normalized spacial score (nSPS) is 12.7. The number of primary amides is 1. The number of fused-ring (bicyclic) bond motifs is 1. The Morgan fingerprint density at radius 2 is 1.64 bits per heavy atom. The summed E-state index contributed by atoms with van der Waals surface area (Å²) in [6, 6.07) is 11.9. The molecular formula is C23H13F2N3O5. The number of anilines is 1. The summed E-state index contributed by atoms with van der Waals surface area (Å²) >= 11 is 0. The summed E-state index contributed by atoms with van der Waals surface area (Å²) in [7, 11) is 0. The highest BCUT2D eigenvalue weighted by Gasteiger charge is 2.31. The van der Waals surface area contributed by atoms with Crippen molar-refractivity contribution in [2.24, 2.45) is 5.73 Å². The molecule has 33 heavy (non-hydrogen) atoms. The van der Waals surface area contributed by atoms with Gasteiger partial charge in [-0.15, -0.1) is 0 Å². The maximum atomic E-state index is 14.5. The minimum absolute atomic E-state index is 0.00498. The van der Waals surface area contributed by atoms with Crippen LogP contribution in [0.5, 0.6) is 0 Å². The van der Waals surface area contributed by atoms with Crippen LogP contribution in [0.2, 0.25) is 0 Å². The number of nitrogens with one attached hydrogen (secondary N) is 1. The van der Waals surface area contributed by atoms with E-state index in [0.717, 1.165) is 6.08 Å². The number of nitrogens with zero attached hydrogens (tertiary/aromatic N) is 1. The summed E-state index contributed by atoms with van der Waals surface area (Å²) in [5, 5.41) is 14.3. The number of Topliss-reactive ketones (excluding diaryl/α,β-unsaturated/α-hetero) is 1. The lowest BCUT2D eigenvalue weighted by Crippen LogP contribution is -2.21. The third-order valence-electron chi connectivity index (χ3n) is 5.05. The van der Waals surface area contributed by atoms with E-state index in [1.807, 2.05) is 0 Å². The topological polar surface area (TPSA) is 132 Å². The molecule has 10 heteroatoms. The van der Waals surface area contributed by atoms with Gasteiger partial charge in [-0.1, -0.05) is 36.4 Å². The van der Waals surface area contributed by atoms with Crippen molar-refractivity contribution < 1.29 is 28.1 Å². The van der Waals surface area contributed by atoms with Crippen LogP contribution in [0, 0.1) is 21.7 Å². The Hall–Kier alpha value is -4.73. The molecule has 1 amide bonds. The first kappa shape index (κ1) is 21.5. The molecule has 3 aromatic rings. The number of carbonyl (C=O) groups excluding carboxylic acids is 3. The number of allylic oxidation sites excluding steroid dienone is 2. The van der Waals surface area contributed by atoms with Crippen molar-refractivity contribution in [2.45, 2.75) is 0 Å². The quantitative estimate of drug-likeness (QED) is 0.447. The molecule has 0 bridgehead atoms. The number of rotatable bonds is 5. The number of ketones is 2. The van der Waals surface area contributed by atoms with E-state index in [4.69, 9.17) is 5.73 Å². The molecule has 0 fully saturated rings. The number of amides is 1. The van der Waals surface area contributed by atoms with Crippen molar-refractivity contribution in [3.8, 4) is 11.1 Å². The number of carbonyl (C=O) groups is 3. The molecule has 0 heterocycles. The lowest BCUT2D eigenvalue weighted by molar-refractivity contribution is -0.384. The minimum atomic E-state index is -1.51. The fourth-order valence-corrected chi connectivity index (χ4v) is 3.54. The maximum Gasteiger partial charge on any atom is 0.293 e. The van der Waals surface area contributed by atoms with Crippen LogP contribution in [-0.2, 0) is 0 Å². The van der Waals surface area contributed by atoms with Crippen LogP contribution >= 0.6 is 0 Å². The van der Waals surface area contributed by atoms with Gasteiger partial charge < -0.3 is 11.1 Å². The number of nitro groups is 1. The molecule has 1 aliphatic carbocycles. The van der Waals surface area contributed by atoms with Crippen molar-refractivity contribution in [1.82, 2.24) is 0 Å². The first-order chi connectivity index (χ1) is 15.7. The van der Waals surface area contributed by atoms with Gasteiger partial charge in [0.2, 0.25) is 5.78 Å². The second kappa shape index (κ2) is 8.08. The summed E-state index contributed by atoms with van der Waals surface area (Å²) in [5.41, 5.74) is 3.35. The van der Waals surface area contributed by atoms with Gasteiger partial charge in [0, 0.05) is 22.9 Å². The van der Waals surface area contributed by atoms with Gasteiger partial charge >= 0.3 is 0 Å². The second-order valence-corrected chi connectivity index (χ2v) is 7.06. The lowest BCUT2D eigenvalue weighted by atomic mass is 9.92. The van der Waals surface area contributed by atoms with E-state index < -0.39 is 45.1 Å². The molecule has 3 N–H and O–H groups in total. The van der Waals surface area contributed by atoms with Gasteiger partial charge in [-0.25, -0.2) is 8.78 Å². The molecule has 4 rings (SSSR count). The first-order valence-electron chi connectivity index (χ1n) is 9.42.